The average molecular weight is 255 g/mol. The molecule has 0 spiro atoms. The number of benzene rings is 1. The van der Waals surface area contributed by atoms with Crippen molar-refractivity contribution in [3.63, 3.8) is 0 Å². The summed E-state index contributed by atoms with van der Waals surface area (Å²) in [7, 11) is 0. The third-order valence-electron chi connectivity index (χ3n) is 1.87. The van der Waals surface area contributed by atoms with Gasteiger partial charge in [-0.2, -0.15) is 0 Å². The molecule has 0 fully saturated rings. The highest BCUT2D eigenvalue weighted by Crippen LogP contribution is 2.15. The van der Waals surface area contributed by atoms with Crippen molar-refractivity contribution in [2.24, 2.45) is 0 Å². The zero-order valence-electron chi connectivity index (χ0n) is 8.21. The largest absolute Gasteiger partial charge is 0.494 e. The summed E-state index contributed by atoms with van der Waals surface area (Å²) < 4.78 is 5.58. The van der Waals surface area contributed by atoms with Gasteiger partial charge >= 0.3 is 0 Å². The number of alkyl halides is 1. The van der Waals surface area contributed by atoms with E-state index in [0.717, 1.165) is 30.5 Å². The Morgan fingerprint density at radius 2 is 2.29 bits per heavy atom. The van der Waals surface area contributed by atoms with Gasteiger partial charge in [0.15, 0.2) is 0 Å². The van der Waals surface area contributed by atoms with Crippen LogP contribution in [0.1, 0.15) is 18.4 Å². The van der Waals surface area contributed by atoms with E-state index in [1.54, 1.807) is 0 Å². The normalized spacial score (nSPS) is 9.79. The number of hydrogen-bond acceptors (Lipinski definition) is 1. The van der Waals surface area contributed by atoms with Gasteiger partial charge in [0.25, 0.3) is 0 Å². The van der Waals surface area contributed by atoms with E-state index in [-0.39, 0.29) is 0 Å². The molecule has 0 saturated carbocycles. The minimum absolute atomic E-state index is 0.762. The molecular weight excluding hydrogens is 240 g/mol. The maximum Gasteiger partial charge on any atom is 0.119 e. The Kier molecular flexibility index (Phi) is 5.38. The fourth-order valence-electron chi connectivity index (χ4n) is 1.14. The molecule has 0 atom stereocenters. The monoisotopic (exact) mass is 254 g/mol. The van der Waals surface area contributed by atoms with Crippen molar-refractivity contribution in [1.29, 1.82) is 0 Å². The molecule has 1 nitrogen and oxygen atoms in total. The fourth-order valence-corrected chi connectivity index (χ4v) is 1.48. The van der Waals surface area contributed by atoms with E-state index in [2.05, 4.69) is 34.6 Å². The SMILES string of the molecule is C=CCCCOc1cccc(CBr)c1. The van der Waals surface area contributed by atoms with Crippen molar-refractivity contribution >= 4 is 15.9 Å². The molecule has 76 valence electrons. The second-order valence-electron chi connectivity index (χ2n) is 3.06. The Hall–Kier alpha value is -0.760. The molecule has 0 aliphatic rings. The van der Waals surface area contributed by atoms with Gasteiger partial charge in [0.1, 0.15) is 5.75 Å². The highest BCUT2D eigenvalue weighted by Gasteiger charge is 1.94. The average Bonchev–Trinajstić information content (AvgIpc) is 2.25. The molecule has 0 aliphatic heterocycles. The van der Waals surface area contributed by atoms with Crippen molar-refractivity contribution < 1.29 is 4.74 Å². The van der Waals surface area contributed by atoms with Gasteiger partial charge in [-0.15, -0.1) is 6.58 Å². The minimum atomic E-state index is 0.762. The fraction of sp³-hybridized carbons (Fsp3) is 0.333. The maximum absolute atomic E-state index is 5.58. The Morgan fingerprint density at radius 1 is 1.43 bits per heavy atom. The Labute approximate surface area is 93.9 Å². The molecule has 0 amide bonds. The highest BCUT2D eigenvalue weighted by atomic mass is 79.9. The topological polar surface area (TPSA) is 9.23 Å². The van der Waals surface area contributed by atoms with Crippen molar-refractivity contribution in [3.05, 3.63) is 42.5 Å². The number of allylic oxidation sites excluding steroid dienone is 1. The molecular formula is C12H15BrO. The zero-order chi connectivity index (χ0) is 10.2. The molecule has 1 aromatic carbocycles. The molecule has 0 bridgehead atoms. The van der Waals surface area contributed by atoms with Crippen LogP contribution in [0.4, 0.5) is 0 Å². The van der Waals surface area contributed by atoms with E-state index in [4.69, 9.17) is 4.74 Å². The molecule has 0 heterocycles. The predicted octanol–water partition coefficient (Wildman–Crippen LogP) is 3.93. The van der Waals surface area contributed by atoms with Gasteiger partial charge in [0.2, 0.25) is 0 Å². The van der Waals surface area contributed by atoms with E-state index in [9.17, 15) is 0 Å². The number of rotatable bonds is 6. The summed E-state index contributed by atoms with van der Waals surface area (Å²) in [6.07, 6.45) is 3.96. The van der Waals surface area contributed by atoms with Crippen molar-refractivity contribution in [2.45, 2.75) is 18.2 Å². The molecule has 2 heteroatoms. The molecule has 0 N–H and O–H groups in total. The Bertz CT molecular complexity index is 283. The summed E-state index contributed by atoms with van der Waals surface area (Å²) in [6, 6.07) is 8.13. The molecule has 0 aromatic heterocycles. The van der Waals surface area contributed by atoms with Gasteiger partial charge in [-0.3, -0.25) is 0 Å². The first-order chi connectivity index (χ1) is 6.86. The molecule has 0 radical (unpaired) electrons. The second kappa shape index (κ2) is 6.66. The molecule has 0 unspecified atom stereocenters. The maximum atomic E-state index is 5.58. The van der Waals surface area contributed by atoms with E-state index < -0.39 is 0 Å². The summed E-state index contributed by atoms with van der Waals surface area (Å²) in [4.78, 5) is 0. The molecule has 0 aliphatic carbocycles. The smallest absolute Gasteiger partial charge is 0.119 e. The zero-order valence-corrected chi connectivity index (χ0v) is 9.79. The number of unbranched alkanes of at least 4 members (excludes halogenated alkanes) is 1. The third-order valence-corrected chi connectivity index (χ3v) is 2.52. The lowest BCUT2D eigenvalue weighted by Crippen LogP contribution is -1.96. The minimum Gasteiger partial charge on any atom is -0.494 e. The van der Waals surface area contributed by atoms with Gasteiger partial charge in [-0.1, -0.05) is 34.1 Å². The van der Waals surface area contributed by atoms with Crippen molar-refractivity contribution in [1.82, 2.24) is 0 Å². The van der Waals surface area contributed by atoms with Crippen molar-refractivity contribution in [2.75, 3.05) is 6.61 Å². The quantitative estimate of drug-likeness (QED) is 0.425. The van der Waals surface area contributed by atoms with Crippen LogP contribution >= 0.6 is 15.9 Å². The van der Waals surface area contributed by atoms with Crippen LogP contribution < -0.4 is 4.74 Å². The molecule has 1 rings (SSSR count). The van der Waals surface area contributed by atoms with Crippen LogP contribution in [0.25, 0.3) is 0 Å². The summed E-state index contributed by atoms with van der Waals surface area (Å²) in [5.74, 6) is 0.950. The van der Waals surface area contributed by atoms with E-state index in [1.165, 1.54) is 5.56 Å². The summed E-state index contributed by atoms with van der Waals surface area (Å²) in [5, 5.41) is 0.872. The Morgan fingerprint density at radius 3 is 3.00 bits per heavy atom. The lowest BCUT2D eigenvalue weighted by Gasteiger charge is -2.05. The van der Waals surface area contributed by atoms with Crippen LogP contribution in [0, 0.1) is 0 Å². The third kappa shape index (κ3) is 3.97. The number of ether oxygens (including phenoxy) is 1. The van der Waals surface area contributed by atoms with E-state index in [1.807, 2.05) is 18.2 Å². The summed E-state index contributed by atoms with van der Waals surface area (Å²) >= 11 is 3.42. The van der Waals surface area contributed by atoms with Gasteiger partial charge < -0.3 is 4.74 Å². The van der Waals surface area contributed by atoms with Crippen LogP contribution in [-0.2, 0) is 5.33 Å². The molecule has 0 saturated heterocycles. The first-order valence-corrected chi connectivity index (χ1v) is 5.87. The highest BCUT2D eigenvalue weighted by molar-refractivity contribution is 9.08. The molecule has 14 heavy (non-hydrogen) atoms. The van der Waals surface area contributed by atoms with Crippen LogP contribution in [0.3, 0.4) is 0 Å². The number of halogens is 1. The van der Waals surface area contributed by atoms with Crippen LogP contribution in [0.5, 0.6) is 5.75 Å². The summed E-state index contributed by atoms with van der Waals surface area (Å²) in [6.45, 7) is 4.43. The van der Waals surface area contributed by atoms with Gasteiger partial charge in [-0.25, -0.2) is 0 Å². The first kappa shape index (κ1) is 11.3. The van der Waals surface area contributed by atoms with Gasteiger partial charge in [0.05, 0.1) is 6.61 Å². The first-order valence-electron chi connectivity index (χ1n) is 4.75. The standard InChI is InChI=1S/C12H15BrO/c1-2-3-4-8-14-12-7-5-6-11(9-12)10-13/h2,5-7,9H,1,3-4,8,10H2. The second-order valence-corrected chi connectivity index (χ2v) is 3.62. The van der Waals surface area contributed by atoms with Crippen LogP contribution in [-0.4, -0.2) is 6.61 Å². The van der Waals surface area contributed by atoms with Crippen LogP contribution in [0.15, 0.2) is 36.9 Å². The Balaban J connectivity index is 2.38. The number of hydrogen-bond donors (Lipinski definition) is 0. The lowest BCUT2D eigenvalue weighted by atomic mass is 10.2. The van der Waals surface area contributed by atoms with Crippen LogP contribution in [0.2, 0.25) is 0 Å². The summed E-state index contributed by atoms with van der Waals surface area (Å²) in [5.41, 5.74) is 1.24. The van der Waals surface area contributed by atoms with Crippen molar-refractivity contribution in [3.8, 4) is 5.75 Å². The van der Waals surface area contributed by atoms with E-state index >= 15 is 0 Å². The van der Waals surface area contributed by atoms with E-state index in [0.29, 0.717) is 0 Å². The molecule has 1 aromatic rings. The lowest BCUT2D eigenvalue weighted by molar-refractivity contribution is 0.312. The van der Waals surface area contributed by atoms with Gasteiger partial charge in [-0.05, 0) is 30.5 Å². The van der Waals surface area contributed by atoms with Gasteiger partial charge in [0, 0.05) is 5.33 Å². The predicted molar refractivity (Wildman–Crippen MR) is 64.0 cm³/mol.